The number of hydrogen-bond acceptors (Lipinski definition) is 4. The SMILES string of the molecule is Cc1ccc(-c2ccc(CNc3ccc(N4CCOCC4)cc3)o2)cc1Cl. The van der Waals surface area contributed by atoms with Crippen molar-refractivity contribution in [1.82, 2.24) is 0 Å². The molecule has 1 aliphatic rings. The number of hydrogen-bond donors (Lipinski definition) is 1. The lowest BCUT2D eigenvalue weighted by Crippen LogP contribution is -2.36. The molecule has 0 aliphatic carbocycles. The van der Waals surface area contributed by atoms with E-state index in [1.165, 1.54) is 5.69 Å². The number of benzene rings is 2. The van der Waals surface area contributed by atoms with Crippen LogP contribution in [0.25, 0.3) is 11.3 Å². The summed E-state index contributed by atoms with van der Waals surface area (Å²) < 4.78 is 11.4. The fourth-order valence-electron chi connectivity index (χ4n) is 3.18. The van der Waals surface area contributed by atoms with Gasteiger partial charge in [-0.1, -0.05) is 23.7 Å². The molecule has 140 valence electrons. The van der Waals surface area contributed by atoms with E-state index in [-0.39, 0.29) is 0 Å². The van der Waals surface area contributed by atoms with E-state index >= 15 is 0 Å². The van der Waals surface area contributed by atoms with Crippen molar-refractivity contribution in [1.29, 1.82) is 0 Å². The van der Waals surface area contributed by atoms with Gasteiger partial charge in [0.25, 0.3) is 0 Å². The number of furan rings is 1. The molecule has 1 fully saturated rings. The number of halogens is 1. The van der Waals surface area contributed by atoms with Gasteiger partial charge in [0, 0.05) is 35.1 Å². The Hall–Kier alpha value is -2.43. The normalized spacial score (nSPS) is 14.4. The zero-order chi connectivity index (χ0) is 18.6. The summed E-state index contributed by atoms with van der Waals surface area (Å²) in [6, 6.07) is 18.5. The molecule has 1 N–H and O–H groups in total. The maximum absolute atomic E-state index is 6.22. The van der Waals surface area contributed by atoms with Crippen LogP contribution in [0.4, 0.5) is 11.4 Å². The number of anilines is 2. The lowest BCUT2D eigenvalue weighted by molar-refractivity contribution is 0.122. The van der Waals surface area contributed by atoms with Crippen molar-refractivity contribution in [3.05, 3.63) is 70.9 Å². The highest BCUT2D eigenvalue weighted by molar-refractivity contribution is 6.31. The van der Waals surface area contributed by atoms with Crippen LogP contribution >= 0.6 is 11.6 Å². The molecule has 4 rings (SSSR count). The van der Waals surface area contributed by atoms with Crippen LogP contribution in [0.15, 0.2) is 59.0 Å². The number of ether oxygens (including phenoxy) is 1. The first-order valence-electron chi connectivity index (χ1n) is 9.21. The Kier molecular flexibility index (Phi) is 5.37. The predicted octanol–water partition coefficient (Wildman–Crippen LogP) is 5.36. The van der Waals surface area contributed by atoms with Crippen LogP contribution in [0.3, 0.4) is 0 Å². The van der Waals surface area contributed by atoms with E-state index in [0.29, 0.717) is 6.54 Å². The molecule has 27 heavy (non-hydrogen) atoms. The van der Waals surface area contributed by atoms with Gasteiger partial charge >= 0.3 is 0 Å². The molecule has 2 aromatic carbocycles. The molecule has 0 amide bonds. The third-order valence-electron chi connectivity index (χ3n) is 4.83. The van der Waals surface area contributed by atoms with Crippen molar-refractivity contribution in [2.24, 2.45) is 0 Å². The van der Waals surface area contributed by atoms with Crippen molar-refractivity contribution in [3.8, 4) is 11.3 Å². The third-order valence-corrected chi connectivity index (χ3v) is 5.24. The first-order chi connectivity index (χ1) is 13.2. The standard InChI is InChI=1S/C22H23ClN2O2/c1-16-2-3-17(14-21(16)23)22-9-8-20(27-22)15-24-18-4-6-19(7-5-18)25-10-12-26-13-11-25/h2-9,14,24H,10-13,15H2,1H3. The van der Waals surface area contributed by atoms with Gasteiger partial charge in [-0.3, -0.25) is 0 Å². The van der Waals surface area contributed by atoms with Gasteiger partial charge in [-0.05, 0) is 55.0 Å². The number of morpholine rings is 1. The summed E-state index contributed by atoms with van der Waals surface area (Å²) in [5.41, 5.74) is 4.37. The van der Waals surface area contributed by atoms with Gasteiger partial charge in [-0.2, -0.15) is 0 Å². The van der Waals surface area contributed by atoms with E-state index in [2.05, 4.69) is 34.5 Å². The van der Waals surface area contributed by atoms with Crippen LogP contribution in [0, 0.1) is 6.92 Å². The summed E-state index contributed by atoms with van der Waals surface area (Å²) in [7, 11) is 0. The Morgan fingerprint density at radius 1 is 1.00 bits per heavy atom. The summed E-state index contributed by atoms with van der Waals surface area (Å²) in [4.78, 5) is 2.35. The van der Waals surface area contributed by atoms with Crippen LogP contribution in [0.1, 0.15) is 11.3 Å². The second kappa shape index (κ2) is 8.07. The molecule has 1 aliphatic heterocycles. The molecular formula is C22H23ClN2O2. The molecule has 0 saturated carbocycles. The smallest absolute Gasteiger partial charge is 0.134 e. The highest BCUT2D eigenvalue weighted by Crippen LogP contribution is 2.27. The van der Waals surface area contributed by atoms with E-state index in [9.17, 15) is 0 Å². The zero-order valence-electron chi connectivity index (χ0n) is 15.4. The van der Waals surface area contributed by atoms with Crippen LogP contribution in [0.5, 0.6) is 0 Å². The first-order valence-corrected chi connectivity index (χ1v) is 9.59. The van der Waals surface area contributed by atoms with Gasteiger partial charge in [0.05, 0.1) is 19.8 Å². The predicted molar refractivity (Wildman–Crippen MR) is 111 cm³/mol. The number of nitrogens with zero attached hydrogens (tertiary/aromatic N) is 1. The third kappa shape index (κ3) is 4.29. The zero-order valence-corrected chi connectivity index (χ0v) is 16.1. The van der Waals surface area contributed by atoms with Gasteiger partial charge in [-0.15, -0.1) is 0 Å². The first kappa shape index (κ1) is 18.0. The molecule has 1 aromatic heterocycles. The fourth-order valence-corrected chi connectivity index (χ4v) is 3.36. The second-order valence-corrected chi connectivity index (χ2v) is 7.14. The summed E-state index contributed by atoms with van der Waals surface area (Å²) >= 11 is 6.22. The molecule has 0 radical (unpaired) electrons. The number of rotatable bonds is 5. The van der Waals surface area contributed by atoms with Crippen molar-refractivity contribution >= 4 is 23.0 Å². The van der Waals surface area contributed by atoms with Crippen LogP contribution < -0.4 is 10.2 Å². The molecule has 5 heteroatoms. The average Bonchev–Trinajstić information content (AvgIpc) is 3.19. The second-order valence-electron chi connectivity index (χ2n) is 6.73. The lowest BCUT2D eigenvalue weighted by atomic mass is 10.1. The Morgan fingerprint density at radius 2 is 1.78 bits per heavy atom. The minimum absolute atomic E-state index is 0.635. The van der Waals surface area contributed by atoms with E-state index < -0.39 is 0 Å². The highest BCUT2D eigenvalue weighted by Gasteiger charge is 2.11. The highest BCUT2D eigenvalue weighted by atomic mass is 35.5. The van der Waals surface area contributed by atoms with Crippen molar-refractivity contribution in [3.63, 3.8) is 0 Å². The largest absolute Gasteiger partial charge is 0.459 e. The quantitative estimate of drug-likeness (QED) is 0.644. The van der Waals surface area contributed by atoms with Crippen LogP contribution in [0.2, 0.25) is 5.02 Å². The van der Waals surface area contributed by atoms with E-state index in [0.717, 1.165) is 59.7 Å². The Bertz CT molecular complexity index is 899. The monoisotopic (exact) mass is 382 g/mol. The van der Waals surface area contributed by atoms with E-state index in [4.69, 9.17) is 20.8 Å². The topological polar surface area (TPSA) is 37.6 Å². The molecule has 1 saturated heterocycles. The maximum Gasteiger partial charge on any atom is 0.134 e. The molecule has 3 aromatic rings. The van der Waals surface area contributed by atoms with Gasteiger partial charge in [0.2, 0.25) is 0 Å². The van der Waals surface area contributed by atoms with Crippen molar-refractivity contribution in [2.75, 3.05) is 36.5 Å². The van der Waals surface area contributed by atoms with Gasteiger partial charge in [0.1, 0.15) is 11.5 Å². The summed E-state index contributed by atoms with van der Waals surface area (Å²) in [5.74, 6) is 1.72. The molecular weight excluding hydrogens is 360 g/mol. The molecule has 2 heterocycles. The Labute approximate surface area is 164 Å². The summed E-state index contributed by atoms with van der Waals surface area (Å²) in [6.45, 7) is 6.13. The number of nitrogens with one attached hydrogen (secondary N) is 1. The Balaban J connectivity index is 1.37. The summed E-state index contributed by atoms with van der Waals surface area (Å²) in [6.07, 6.45) is 0. The molecule has 0 unspecified atom stereocenters. The van der Waals surface area contributed by atoms with E-state index in [1.54, 1.807) is 0 Å². The van der Waals surface area contributed by atoms with Crippen LogP contribution in [-0.2, 0) is 11.3 Å². The van der Waals surface area contributed by atoms with Crippen molar-refractivity contribution in [2.45, 2.75) is 13.5 Å². The summed E-state index contributed by atoms with van der Waals surface area (Å²) in [5, 5.41) is 4.17. The lowest BCUT2D eigenvalue weighted by Gasteiger charge is -2.28. The van der Waals surface area contributed by atoms with Crippen LogP contribution in [-0.4, -0.2) is 26.3 Å². The molecule has 0 bridgehead atoms. The minimum atomic E-state index is 0.635. The Morgan fingerprint density at radius 3 is 2.52 bits per heavy atom. The van der Waals surface area contributed by atoms with Gasteiger partial charge in [-0.25, -0.2) is 0 Å². The van der Waals surface area contributed by atoms with E-state index in [1.807, 2.05) is 37.3 Å². The van der Waals surface area contributed by atoms with Crippen molar-refractivity contribution < 1.29 is 9.15 Å². The van der Waals surface area contributed by atoms with Gasteiger partial charge in [0.15, 0.2) is 0 Å². The molecule has 0 atom stereocenters. The molecule has 4 nitrogen and oxygen atoms in total. The fraction of sp³-hybridized carbons (Fsp3) is 0.273. The van der Waals surface area contributed by atoms with Gasteiger partial charge < -0.3 is 19.4 Å². The minimum Gasteiger partial charge on any atom is -0.459 e. The average molecular weight is 383 g/mol. The molecule has 0 spiro atoms. The maximum atomic E-state index is 6.22. The number of aryl methyl sites for hydroxylation is 1.